The van der Waals surface area contributed by atoms with Gasteiger partial charge in [-0.25, -0.2) is 0 Å². The third-order valence-electron chi connectivity index (χ3n) is 3.64. The molecule has 0 radical (unpaired) electrons. The monoisotopic (exact) mass is 292 g/mol. The number of carboxylic acid groups (broad SMARTS) is 1. The Morgan fingerprint density at radius 2 is 2.35 bits per heavy atom. The summed E-state index contributed by atoms with van der Waals surface area (Å²) in [5.74, 6) is -0.508. The van der Waals surface area contributed by atoms with Crippen LogP contribution >= 0.6 is 11.6 Å². The first-order chi connectivity index (χ1) is 9.58. The number of rotatable bonds is 4. The molecule has 5 heteroatoms. The van der Waals surface area contributed by atoms with Crippen LogP contribution in [-0.4, -0.2) is 29.1 Å². The maximum Gasteiger partial charge on any atom is 0.303 e. The van der Waals surface area contributed by atoms with Crippen LogP contribution in [0.4, 0.5) is 0 Å². The quantitative estimate of drug-likeness (QED) is 0.927. The van der Waals surface area contributed by atoms with Crippen LogP contribution in [0.2, 0.25) is 5.02 Å². The molecule has 1 aromatic carbocycles. The number of nitrogens with zero attached hydrogens (tertiary/aromatic N) is 2. The summed E-state index contributed by atoms with van der Waals surface area (Å²) in [6, 6.07) is 7.38. The predicted molar refractivity (Wildman–Crippen MR) is 76.4 cm³/mol. The molecule has 1 aromatic rings. The van der Waals surface area contributed by atoms with Gasteiger partial charge in [0.15, 0.2) is 0 Å². The van der Waals surface area contributed by atoms with Crippen molar-refractivity contribution in [1.29, 1.82) is 5.26 Å². The fourth-order valence-electron chi connectivity index (χ4n) is 2.69. The van der Waals surface area contributed by atoms with E-state index < -0.39 is 5.97 Å². The third-order valence-corrected chi connectivity index (χ3v) is 3.99. The van der Waals surface area contributed by atoms with E-state index in [4.69, 9.17) is 22.0 Å². The molecular formula is C15H17ClN2O2. The van der Waals surface area contributed by atoms with E-state index in [1.54, 1.807) is 12.1 Å². The van der Waals surface area contributed by atoms with Crippen LogP contribution in [0.5, 0.6) is 0 Å². The fraction of sp³-hybridized carbons (Fsp3) is 0.467. The van der Waals surface area contributed by atoms with E-state index in [0.717, 1.165) is 31.5 Å². The van der Waals surface area contributed by atoms with E-state index in [1.165, 1.54) is 0 Å². The molecule has 1 aliphatic rings. The van der Waals surface area contributed by atoms with E-state index >= 15 is 0 Å². The number of likely N-dealkylation sites (tertiary alicyclic amines) is 1. The van der Waals surface area contributed by atoms with Gasteiger partial charge in [-0.1, -0.05) is 17.7 Å². The lowest BCUT2D eigenvalue weighted by Gasteiger charge is -2.32. The number of halogens is 1. The van der Waals surface area contributed by atoms with Crippen molar-refractivity contribution in [2.75, 3.05) is 13.1 Å². The number of carboxylic acids is 1. The van der Waals surface area contributed by atoms with Crippen LogP contribution in [0, 0.1) is 17.2 Å². The maximum absolute atomic E-state index is 10.8. The summed E-state index contributed by atoms with van der Waals surface area (Å²) in [6.45, 7) is 2.47. The SMILES string of the molecule is N#Cc1ccc(CN2CCCC(CC(=O)O)C2)c(Cl)c1. The standard InChI is InChI=1S/C15H17ClN2O2/c16-14-6-11(8-17)3-4-13(14)10-18-5-1-2-12(9-18)7-15(19)20/h3-4,6,12H,1-2,5,7,9-10H2,(H,19,20). The van der Waals surface area contributed by atoms with E-state index in [-0.39, 0.29) is 12.3 Å². The van der Waals surface area contributed by atoms with Crippen LogP contribution in [0.25, 0.3) is 0 Å². The summed E-state index contributed by atoms with van der Waals surface area (Å²) in [7, 11) is 0. The number of aliphatic carboxylic acids is 1. The van der Waals surface area contributed by atoms with Crippen LogP contribution in [0.1, 0.15) is 30.4 Å². The van der Waals surface area contributed by atoms with Gasteiger partial charge in [0.2, 0.25) is 0 Å². The Bertz CT molecular complexity index is 539. The largest absolute Gasteiger partial charge is 0.481 e. The van der Waals surface area contributed by atoms with Crippen molar-refractivity contribution < 1.29 is 9.90 Å². The van der Waals surface area contributed by atoms with Crippen LogP contribution in [-0.2, 0) is 11.3 Å². The smallest absolute Gasteiger partial charge is 0.303 e. The Morgan fingerprint density at radius 1 is 1.55 bits per heavy atom. The fourth-order valence-corrected chi connectivity index (χ4v) is 2.93. The summed E-state index contributed by atoms with van der Waals surface area (Å²) < 4.78 is 0. The zero-order chi connectivity index (χ0) is 14.5. The lowest BCUT2D eigenvalue weighted by molar-refractivity contribution is -0.138. The number of hydrogen-bond acceptors (Lipinski definition) is 3. The number of nitriles is 1. The second-order valence-corrected chi connectivity index (χ2v) is 5.67. The van der Waals surface area contributed by atoms with Crippen molar-refractivity contribution >= 4 is 17.6 Å². The molecule has 1 aliphatic heterocycles. The highest BCUT2D eigenvalue weighted by Crippen LogP contribution is 2.24. The molecule has 2 rings (SSSR count). The van der Waals surface area contributed by atoms with Gasteiger partial charge in [-0.15, -0.1) is 0 Å². The molecule has 0 spiro atoms. The maximum atomic E-state index is 10.8. The summed E-state index contributed by atoms with van der Waals surface area (Å²) in [4.78, 5) is 13.0. The predicted octanol–water partition coefficient (Wildman–Crippen LogP) is 2.90. The first-order valence-electron chi connectivity index (χ1n) is 6.71. The molecule has 1 N–H and O–H groups in total. The summed E-state index contributed by atoms with van der Waals surface area (Å²) in [6.07, 6.45) is 2.23. The highest BCUT2D eigenvalue weighted by Gasteiger charge is 2.22. The van der Waals surface area contributed by atoms with Gasteiger partial charge in [0.05, 0.1) is 11.6 Å². The van der Waals surface area contributed by atoms with Gasteiger partial charge in [0.25, 0.3) is 0 Å². The van der Waals surface area contributed by atoms with Gasteiger partial charge in [-0.05, 0) is 43.0 Å². The molecule has 0 saturated carbocycles. The Balaban J connectivity index is 1.99. The van der Waals surface area contributed by atoms with E-state index in [9.17, 15) is 4.79 Å². The number of benzene rings is 1. The minimum atomic E-state index is -0.728. The second kappa shape index (κ2) is 6.74. The number of hydrogen-bond donors (Lipinski definition) is 1. The molecular weight excluding hydrogens is 276 g/mol. The molecule has 4 nitrogen and oxygen atoms in total. The summed E-state index contributed by atoms with van der Waals surface area (Å²) in [5, 5.41) is 18.3. The van der Waals surface area contributed by atoms with Crippen LogP contribution in [0.3, 0.4) is 0 Å². The zero-order valence-electron chi connectivity index (χ0n) is 11.2. The van der Waals surface area contributed by atoms with E-state index in [1.807, 2.05) is 6.07 Å². The van der Waals surface area contributed by atoms with Crippen LogP contribution in [0.15, 0.2) is 18.2 Å². The molecule has 0 aromatic heterocycles. The Labute approximate surface area is 123 Å². The average molecular weight is 293 g/mol. The van der Waals surface area contributed by atoms with E-state index in [2.05, 4.69) is 11.0 Å². The highest BCUT2D eigenvalue weighted by atomic mass is 35.5. The normalized spacial score (nSPS) is 19.5. The van der Waals surface area contributed by atoms with Gasteiger partial charge in [-0.2, -0.15) is 5.26 Å². The second-order valence-electron chi connectivity index (χ2n) is 5.26. The first kappa shape index (κ1) is 14.8. The van der Waals surface area contributed by atoms with Crippen molar-refractivity contribution in [3.8, 4) is 6.07 Å². The average Bonchev–Trinajstić information content (AvgIpc) is 2.41. The minimum absolute atomic E-state index is 0.221. The highest BCUT2D eigenvalue weighted by molar-refractivity contribution is 6.31. The summed E-state index contributed by atoms with van der Waals surface area (Å²) in [5.41, 5.74) is 1.54. The molecule has 1 unspecified atom stereocenters. The Morgan fingerprint density at radius 3 is 3.00 bits per heavy atom. The van der Waals surface area contributed by atoms with Gasteiger partial charge in [0, 0.05) is 24.5 Å². The Kier molecular flexibility index (Phi) is 4.99. The van der Waals surface area contributed by atoms with Crippen LogP contribution < -0.4 is 0 Å². The third kappa shape index (κ3) is 3.96. The molecule has 0 amide bonds. The lowest BCUT2D eigenvalue weighted by atomic mass is 9.94. The van der Waals surface area contributed by atoms with Crippen molar-refractivity contribution in [2.45, 2.75) is 25.8 Å². The first-order valence-corrected chi connectivity index (χ1v) is 7.09. The van der Waals surface area contributed by atoms with Gasteiger partial charge in [-0.3, -0.25) is 9.69 Å². The lowest BCUT2D eigenvalue weighted by Crippen LogP contribution is -2.35. The number of carbonyl (C=O) groups is 1. The van der Waals surface area contributed by atoms with Crippen molar-refractivity contribution in [3.05, 3.63) is 34.3 Å². The molecule has 1 fully saturated rings. The summed E-state index contributed by atoms with van der Waals surface area (Å²) >= 11 is 6.18. The van der Waals surface area contributed by atoms with Gasteiger partial charge >= 0.3 is 5.97 Å². The Hall–Kier alpha value is -1.57. The van der Waals surface area contributed by atoms with Gasteiger partial charge in [0.1, 0.15) is 0 Å². The number of piperidine rings is 1. The topological polar surface area (TPSA) is 64.3 Å². The van der Waals surface area contributed by atoms with Gasteiger partial charge < -0.3 is 5.11 Å². The molecule has 1 saturated heterocycles. The molecule has 1 heterocycles. The van der Waals surface area contributed by atoms with Crippen molar-refractivity contribution in [2.24, 2.45) is 5.92 Å². The molecule has 20 heavy (non-hydrogen) atoms. The molecule has 106 valence electrons. The molecule has 0 bridgehead atoms. The van der Waals surface area contributed by atoms with Crippen molar-refractivity contribution in [1.82, 2.24) is 4.90 Å². The minimum Gasteiger partial charge on any atom is -0.481 e. The zero-order valence-corrected chi connectivity index (χ0v) is 11.9. The van der Waals surface area contributed by atoms with Crippen molar-refractivity contribution in [3.63, 3.8) is 0 Å². The molecule has 0 aliphatic carbocycles. The van der Waals surface area contributed by atoms with E-state index in [0.29, 0.717) is 17.1 Å². The molecule has 1 atom stereocenters.